The van der Waals surface area contributed by atoms with E-state index in [2.05, 4.69) is 10.5 Å². The minimum atomic E-state index is 0.0378. The molecule has 1 heterocycles. The number of aryl methyl sites for hydroxylation is 1. The van der Waals surface area contributed by atoms with Gasteiger partial charge in [-0.3, -0.25) is 4.79 Å². The molecule has 1 N–H and O–H groups in total. The minimum absolute atomic E-state index is 0.0378. The molecule has 1 aromatic rings. The lowest BCUT2D eigenvalue weighted by Crippen LogP contribution is -2.27. The number of nitrogens with one attached hydrogen (secondary N) is 1. The van der Waals surface area contributed by atoms with Gasteiger partial charge in [0, 0.05) is 12.1 Å². The average molecular weight is 180 g/mol. The molecule has 1 fully saturated rings. The van der Waals surface area contributed by atoms with Crippen LogP contribution in [-0.4, -0.2) is 17.1 Å². The summed E-state index contributed by atoms with van der Waals surface area (Å²) in [4.78, 5) is 11.3. The molecule has 1 aromatic heterocycles. The van der Waals surface area contributed by atoms with E-state index in [9.17, 15) is 4.79 Å². The predicted octanol–water partition coefficient (Wildman–Crippen LogP) is 0.804. The Kier molecular flexibility index (Phi) is 2.04. The predicted molar refractivity (Wildman–Crippen MR) is 46.1 cm³/mol. The highest BCUT2D eigenvalue weighted by Gasteiger charge is 2.23. The van der Waals surface area contributed by atoms with E-state index >= 15 is 0 Å². The van der Waals surface area contributed by atoms with Gasteiger partial charge in [-0.15, -0.1) is 0 Å². The Balaban J connectivity index is 1.85. The highest BCUT2D eigenvalue weighted by molar-refractivity contribution is 5.78. The number of aromatic nitrogens is 1. The summed E-state index contributed by atoms with van der Waals surface area (Å²) in [6.45, 7) is 1.81. The first-order valence-electron chi connectivity index (χ1n) is 4.45. The van der Waals surface area contributed by atoms with Crippen LogP contribution >= 0.6 is 0 Å². The van der Waals surface area contributed by atoms with Crippen LogP contribution in [-0.2, 0) is 11.2 Å². The number of nitrogens with zero attached hydrogens (tertiary/aromatic N) is 1. The van der Waals surface area contributed by atoms with Crippen molar-refractivity contribution in [3.63, 3.8) is 0 Å². The van der Waals surface area contributed by atoms with Crippen LogP contribution in [0.5, 0.6) is 0 Å². The van der Waals surface area contributed by atoms with Gasteiger partial charge in [0.05, 0.1) is 12.1 Å². The second-order valence-corrected chi connectivity index (χ2v) is 3.45. The second-order valence-electron chi connectivity index (χ2n) is 3.45. The van der Waals surface area contributed by atoms with E-state index in [1.165, 1.54) is 0 Å². The molecule has 70 valence electrons. The molecular weight excluding hydrogens is 168 g/mol. The second kappa shape index (κ2) is 3.20. The molecule has 1 amide bonds. The molecule has 1 aliphatic carbocycles. The van der Waals surface area contributed by atoms with E-state index in [0.717, 1.165) is 18.6 Å². The van der Waals surface area contributed by atoms with Gasteiger partial charge in [-0.05, 0) is 19.8 Å². The van der Waals surface area contributed by atoms with Gasteiger partial charge >= 0.3 is 0 Å². The molecule has 1 saturated carbocycles. The fraction of sp³-hybridized carbons (Fsp3) is 0.556. The lowest BCUT2D eigenvalue weighted by atomic mass is 10.3. The standard InChI is InChI=1S/C9H12N2O2/c1-6-4-8(11-13-6)5-9(12)10-7-2-3-7/h4,7H,2-3,5H2,1H3,(H,10,12). The van der Waals surface area contributed by atoms with E-state index in [1.54, 1.807) is 6.07 Å². The van der Waals surface area contributed by atoms with Crippen LogP contribution < -0.4 is 5.32 Å². The molecule has 0 atom stereocenters. The lowest BCUT2D eigenvalue weighted by molar-refractivity contribution is -0.120. The summed E-state index contributed by atoms with van der Waals surface area (Å²) in [6, 6.07) is 2.20. The van der Waals surface area contributed by atoms with Crippen LogP contribution in [0.4, 0.5) is 0 Å². The van der Waals surface area contributed by atoms with Crippen molar-refractivity contribution in [2.24, 2.45) is 0 Å². The van der Waals surface area contributed by atoms with Crippen LogP contribution in [0.1, 0.15) is 24.3 Å². The summed E-state index contributed by atoms with van der Waals surface area (Å²) in [5.74, 6) is 0.782. The van der Waals surface area contributed by atoms with E-state index in [4.69, 9.17) is 4.52 Å². The third kappa shape index (κ3) is 2.31. The quantitative estimate of drug-likeness (QED) is 0.748. The van der Waals surface area contributed by atoms with Crippen LogP contribution in [0.2, 0.25) is 0 Å². The van der Waals surface area contributed by atoms with Gasteiger partial charge in [0.15, 0.2) is 0 Å². The highest BCUT2D eigenvalue weighted by Crippen LogP contribution is 2.18. The van der Waals surface area contributed by atoms with Crippen molar-refractivity contribution in [2.45, 2.75) is 32.2 Å². The lowest BCUT2D eigenvalue weighted by Gasteiger charge is -1.98. The van der Waals surface area contributed by atoms with Gasteiger partial charge in [0.2, 0.25) is 5.91 Å². The highest BCUT2D eigenvalue weighted by atomic mass is 16.5. The summed E-state index contributed by atoms with van der Waals surface area (Å²) in [7, 11) is 0. The summed E-state index contributed by atoms with van der Waals surface area (Å²) in [5, 5.41) is 6.64. The van der Waals surface area contributed by atoms with Crippen LogP contribution in [0.15, 0.2) is 10.6 Å². The molecule has 13 heavy (non-hydrogen) atoms. The number of rotatable bonds is 3. The molecular formula is C9H12N2O2. The monoisotopic (exact) mass is 180 g/mol. The normalized spacial score (nSPS) is 15.8. The Morgan fingerprint density at radius 3 is 3.08 bits per heavy atom. The molecule has 4 nitrogen and oxygen atoms in total. The molecule has 0 saturated heterocycles. The molecule has 1 aliphatic rings. The number of amides is 1. The summed E-state index contributed by atoms with van der Waals surface area (Å²) in [6.07, 6.45) is 2.56. The number of carbonyl (C=O) groups excluding carboxylic acids is 1. The van der Waals surface area contributed by atoms with Gasteiger partial charge in [-0.2, -0.15) is 0 Å². The Morgan fingerprint density at radius 2 is 2.54 bits per heavy atom. The zero-order valence-electron chi connectivity index (χ0n) is 7.54. The fourth-order valence-electron chi connectivity index (χ4n) is 1.17. The summed E-state index contributed by atoms with van der Waals surface area (Å²) >= 11 is 0. The van der Waals surface area contributed by atoms with Gasteiger partial charge in [0.25, 0.3) is 0 Å². The SMILES string of the molecule is Cc1cc(CC(=O)NC2CC2)no1. The number of hydrogen-bond donors (Lipinski definition) is 1. The minimum Gasteiger partial charge on any atom is -0.361 e. The number of carbonyl (C=O) groups is 1. The summed E-state index contributed by atoms with van der Waals surface area (Å²) < 4.78 is 4.86. The maximum Gasteiger partial charge on any atom is 0.226 e. The van der Waals surface area contributed by atoms with Crippen LogP contribution in [0.3, 0.4) is 0 Å². The van der Waals surface area contributed by atoms with Gasteiger partial charge in [-0.25, -0.2) is 0 Å². The summed E-state index contributed by atoms with van der Waals surface area (Å²) in [5.41, 5.74) is 0.704. The van der Waals surface area contributed by atoms with Gasteiger partial charge in [0.1, 0.15) is 5.76 Å². The first-order chi connectivity index (χ1) is 6.24. The van der Waals surface area contributed by atoms with Crippen molar-refractivity contribution in [3.05, 3.63) is 17.5 Å². The van der Waals surface area contributed by atoms with Crippen molar-refractivity contribution in [1.29, 1.82) is 0 Å². The van der Waals surface area contributed by atoms with Crippen molar-refractivity contribution >= 4 is 5.91 Å². The third-order valence-electron chi connectivity index (χ3n) is 1.96. The van der Waals surface area contributed by atoms with Crippen LogP contribution in [0.25, 0.3) is 0 Å². The number of hydrogen-bond acceptors (Lipinski definition) is 3. The van der Waals surface area contributed by atoms with Gasteiger partial charge in [-0.1, -0.05) is 5.16 Å². The largest absolute Gasteiger partial charge is 0.361 e. The van der Waals surface area contributed by atoms with E-state index in [0.29, 0.717) is 18.2 Å². The topological polar surface area (TPSA) is 55.1 Å². The molecule has 2 rings (SSSR count). The first kappa shape index (κ1) is 8.29. The Labute approximate surface area is 76.3 Å². The molecule has 0 aliphatic heterocycles. The molecule has 4 heteroatoms. The smallest absolute Gasteiger partial charge is 0.226 e. The maximum atomic E-state index is 11.3. The van der Waals surface area contributed by atoms with Gasteiger partial charge < -0.3 is 9.84 Å². The van der Waals surface area contributed by atoms with Crippen molar-refractivity contribution in [1.82, 2.24) is 10.5 Å². The Bertz CT molecular complexity index is 315. The first-order valence-corrected chi connectivity index (χ1v) is 4.45. The Hall–Kier alpha value is -1.32. The zero-order valence-corrected chi connectivity index (χ0v) is 7.54. The van der Waals surface area contributed by atoms with Crippen molar-refractivity contribution < 1.29 is 9.32 Å². The van der Waals surface area contributed by atoms with E-state index in [-0.39, 0.29) is 5.91 Å². The van der Waals surface area contributed by atoms with E-state index in [1.807, 2.05) is 6.92 Å². The zero-order chi connectivity index (χ0) is 9.26. The third-order valence-corrected chi connectivity index (χ3v) is 1.96. The van der Waals surface area contributed by atoms with Crippen molar-refractivity contribution in [3.8, 4) is 0 Å². The van der Waals surface area contributed by atoms with Crippen molar-refractivity contribution in [2.75, 3.05) is 0 Å². The molecule has 0 radical (unpaired) electrons. The average Bonchev–Trinajstić information content (AvgIpc) is 2.76. The van der Waals surface area contributed by atoms with E-state index < -0.39 is 0 Å². The molecule has 0 spiro atoms. The molecule has 0 aromatic carbocycles. The fourth-order valence-corrected chi connectivity index (χ4v) is 1.17. The molecule has 0 bridgehead atoms. The Morgan fingerprint density at radius 1 is 1.77 bits per heavy atom. The molecule has 0 unspecified atom stereocenters. The van der Waals surface area contributed by atoms with Crippen LogP contribution in [0, 0.1) is 6.92 Å². The maximum absolute atomic E-state index is 11.3.